The van der Waals surface area contributed by atoms with Gasteiger partial charge in [-0.2, -0.15) is 0 Å². The predicted octanol–water partition coefficient (Wildman–Crippen LogP) is 0.754. The number of hydrogen-bond acceptors (Lipinski definition) is 3. The van der Waals surface area contributed by atoms with E-state index in [9.17, 15) is 9.59 Å². The minimum Gasteiger partial charge on any atom is -0.376 e. The van der Waals surface area contributed by atoms with Crippen molar-refractivity contribution in [3.63, 3.8) is 0 Å². The molecule has 1 rings (SSSR count). The van der Waals surface area contributed by atoms with Crippen LogP contribution in [0.4, 0.5) is 5.69 Å². The van der Waals surface area contributed by atoms with Gasteiger partial charge in [-0.15, -0.1) is 0 Å². The van der Waals surface area contributed by atoms with Crippen molar-refractivity contribution < 1.29 is 19.6 Å². The maximum Gasteiger partial charge on any atom is 0.279 e. The molecule has 0 bridgehead atoms. The number of nitrogens with two attached hydrogens (primary N) is 1. The largest absolute Gasteiger partial charge is 0.376 e. The number of amides is 2. The van der Waals surface area contributed by atoms with Crippen LogP contribution in [0.15, 0.2) is 30.3 Å². The number of quaternary nitrogens is 1. The van der Waals surface area contributed by atoms with Crippen molar-refractivity contribution in [3.05, 3.63) is 30.3 Å². The highest BCUT2D eigenvalue weighted by Gasteiger charge is 2.28. The zero-order valence-electron chi connectivity index (χ0n) is 15.0. The Kier molecular flexibility index (Phi) is 9.04. The summed E-state index contributed by atoms with van der Waals surface area (Å²) in [5.74, 6) is -0.195. The van der Waals surface area contributed by atoms with Crippen molar-refractivity contribution in [1.29, 1.82) is 0 Å². The van der Waals surface area contributed by atoms with Gasteiger partial charge in [0, 0.05) is 18.2 Å². The molecule has 0 saturated carbocycles. The fraction of sp³-hybridized carbons (Fsp3) is 0.556. The fourth-order valence-corrected chi connectivity index (χ4v) is 2.30. The van der Waals surface area contributed by atoms with Crippen LogP contribution in [0.1, 0.15) is 27.7 Å². The molecule has 0 unspecified atom stereocenters. The predicted molar refractivity (Wildman–Crippen MR) is 94.6 cm³/mol. The lowest BCUT2D eigenvalue weighted by Crippen LogP contribution is -2.94. The Hall–Kier alpha value is -1.92. The number of para-hydroxylation sites is 1. The SMILES string of the molecule is CCOCC[NH2+][C@H](C(=O)N[C@@H](C)C(=O)Nc1ccccc1)C(C)C. The van der Waals surface area contributed by atoms with Gasteiger partial charge in [0.15, 0.2) is 6.04 Å². The molecule has 0 aromatic heterocycles. The second-order valence-electron chi connectivity index (χ2n) is 6.08. The highest BCUT2D eigenvalue weighted by atomic mass is 16.5. The minimum atomic E-state index is -0.598. The number of rotatable bonds is 10. The van der Waals surface area contributed by atoms with Crippen molar-refractivity contribution in [2.24, 2.45) is 5.92 Å². The lowest BCUT2D eigenvalue weighted by Gasteiger charge is -2.21. The summed E-state index contributed by atoms with van der Waals surface area (Å²) in [7, 11) is 0. The standard InChI is InChI=1S/C18H29N3O3/c1-5-24-12-11-19-16(13(2)3)18(23)20-14(4)17(22)21-15-9-7-6-8-10-15/h6-10,13-14,16,19H,5,11-12H2,1-4H3,(H,20,23)(H,21,22)/p+1/t14-,16-/m0/s1. The van der Waals surface area contributed by atoms with Crippen LogP contribution in [0.3, 0.4) is 0 Å². The van der Waals surface area contributed by atoms with E-state index in [1.54, 1.807) is 6.92 Å². The van der Waals surface area contributed by atoms with Gasteiger partial charge in [0.25, 0.3) is 5.91 Å². The van der Waals surface area contributed by atoms with Crippen LogP contribution >= 0.6 is 0 Å². The lowest BCUT2D eigenvalue weighted by atomic mass is 10.0. The quantitative estimate of drug-likeness (QED) is 0.552. The van der Waals surface area contributed by atoms with Crippen molar-refractivity contribution in [2.45, 2.75) is 39.8 Å². The van der Waals surface area contributed by atoms with Crippen molar-refractivity contribution >= 4 is 17.5 Å². The molecule has 0 spiro atoms. The van der Waals surface area contributed by atoms with E-state index in [0.29, 0.717) is 25.4 Å². The summed E-state index contributed by atoms with van der Waals surface area (Å²) in [6.45, 7) is 9.62. The van der Waals surface area contributed by atoms with Crippen LogP contribution in [0, 0.1) is 5.92 Å². The zero-order valence-corrected chi connectivity index (χ0v) is 15.0. The summed E-state index contributed by atoms with van der Waals surface area (Å²) in [5.41, 5.74) is 0.715. The van der Waals surface area contributed by atoms with Crippen molar-refractivity contribution in [2.75, 3.05) is 25.1 Å². The smallest absolute Gasteiger partial charge is 0.279 e. The Morgan fingerprint density at radius 1 is 1.12 bits per heavy atom. The van der Waals surface area contributed by atoms with Gasteiger partial charge in [0.2, 0.25) is 5.91 Å². The molecular formula is C18H30N3O3+. The fourth-order valence-electron chi connectivity index (χ4n) is 2.30. The van der Waals surface area contributed by atoms with Gasteiger partial charge in [-0.05, 0) is 26.0 Å². The number of anilines is 1. The van der Waals surface area contributed by atoms with Crippen LogP contribution in [-0.4, -0.2) is 43.7 Å². The second-order valence-corrected chi connectivity index (χ2v) is 6.08. The molecule has 2 amide bonds. The molecule has 0 heterocycles. The van der Waals surface area contributed by atoms with E-state index >= 15 is 0 Å². The third kappa shape index (κ3) is 7.10. The summed E-state index contributed by atoms with van der Waals surface area (Å²) < 4.78 is 5.30. The molecule has 1 aromatic rings. The van der Waals surface area contributed by atoms with Crippen LogP contribution in [0.25, 0.3) is 0 Å². The first-order valence-electron chi connectivity index (χ1n) is 8.53. The maximum absolute atomic E-state index is 12.5. The minimum absolute atomic E-state index is 0.128. The Balaban J connectivity index is 2.51. The highest BCUT2D eigenvalue weighted by molar-refractivity contribution is 5.97. The van der Waals surface area contributed by atoms with Crippen molar-refractivity contribution in [3.8, 4) is 0 Å². The van der Waals surface area contributed by atoms with E-state index in [2.05, 4.69) is 10.6 Å². The van der Waals surface area contributed by atoms with Crippen LogP contribution in [0.2, 0.25) is 0 Å². The van der Waals surface area contributed by atoms with Gasteiger partial charge in [0.05, 0.1) is 13.2 Å². The topological polar surface area (TPSA) is 84.0 Å². The summed E-state index contributed by atoms with van der Waals surface area (Å²) in [6, 6.07) is 8.36. The Morgan fingerprint density at radius 3 is 2.38 bits per heavy atom. The molecule has 0 aliphatic rings. The molecule has 0 fully saturated rings. The Labute approximate surface area is 144 Å². The first-order valence-corrected chi connectivity index (χ1v) is 8.53. The van der Waals surface area contributed by atoms with E-state index in [1.165, 1.54) is 0 Å². The highest BCUT2D eigenvalue weighted by Crippen LogP contribution is 2.05. The Morgan fingerprint density at radius 2 is 1.79 bits per heavy atom. The molecular weight excluding hydrogens is 306 g/mol. The van der Waals surface area contributed by atoms with E-state index in [-0.39, 0.29) is 23.8 Å². The average Bonchev–Trinajstić information content (AvgIpc) is 2.55. The first-order chi connectivity index (χ1) is 11.5. The molecule has 0 radical (unpaired) electrons. The van der Waals surface area contributed by atoms with Gasteiger partial charge in [-0.3, -0.25) is 9.59 Å². The van der Waals surface area contributed by atoms with Gasteiger partial charge in [-0.1, -0.05) is 32.0 Å². The van der Waals surface area contributed by atoms with E-state index in [1.807, 2.05) is 56.4 Å². The van der Waals surface area contributed by atoms with Gasteiger partial charge < -0.3 is 20.7 Å². The molecule has 134 valence electrons. The average molecular weight is 336 g/mol. The Bertz CT molecular complexity index is 505. The molecule has 24 heavy (non-hydrogen) atoms. The number of benzene rings is 1. The summed E-state index contributed by atoms with van der Waals surface area (Å²) in [4.78, 5) is 24.6. The van der Waals surface area contributed by atoms with Crippen LogP contribution < -0.4 is 16.0 Å². The maximum atomic E-state index is 12.5. The zero-order chi connectivity index (χ0) is 17.9. The van der Waals surface area contributed by atoms with Crippen LogP contribution in [-0.2, 0) is 14.3 Å². The summed E-state index contributed by atoms with van der Waals surface area (Å²) >= 11 is 0. The molecule has 2 atom stereocenters. The molecule has 6 heteroatoms. The molecule has 0 aliphatic heterocycles. The van der Waals surface area contributed by atoms with Gasteiger partial charge in [-0.25, -0.2) is 0 Å². The normalized spacial score (nSPS) is 13.4. The third-order valence-corrected chi connectivity index (χ3v) is 3.70. The lowest BCUT2D eigenvalue weighted by molar-refractivity contribution is -0.683. The van der Waals surface area contributed by atoms with Gasteiger partial charge >= 0.3 is 0 Å². The number of ether oxygens (including phenoxy) is 1. The summed E-state index contributed by atoms with van der Waals surface area (Å²) in [6.07, 6.45) is 0. The molecule has 1 aromatic carbocycles. The summed E-state index contributed by atoms with van der Waals surface area (Å²) in [5, 5.41) is 7.56. The third-order valence-electron chi connectivity index (χ3n) is 3.70. The van der Waals surface area contributed by atoms with E-state index in [4.69, 9.17) is 4.74 Å². The molecule has 6 nitrogen and oxygen atoms in total. The second kappa shape index (κ2) is 10.8. The number of carbonyl (C=O) groups excluding carboxylic acids is 2. The molecule has 0 saturated heterocycles. The van der Waals surface area contributed by atoms with E-state index < -0.39 is 6.04 Å². The van der Waals surface area contributed by atoms with Crippen molar-refractivity contribution in [1.82, 2.24) is 5.32 Å². The number of hydrogen-bond donors (Lipinski definition) is 3. The number of nitrogens with one attached hydrogen (secondary N) is 2. The van der Waals surface area contributed by atoms with E-state index in [0.717, 1.165) is 0 Å². The van der Waals surface area contributed by atoms with Gasteiger partial charge in [0.1, 0.15) is 6.04 Å². The monoisotopic (exact) mass is 336 g/mol. The molecule has 0 aliphatic carbocycles. The first kappa shape index (κ1) is 20.1. The van der Waals surface area contributed by atoms with Crippen LogP contribution in [0.5, 0.6) is 0 Å². The number of carbonyl (C=O) groups is 2. The molecule has 4 N–H and O–H groups in total.